The molecule has 0 unspecified atom stereocenters. The summed E-state index contributed by atoms with van der Waals surface area (Å²) in [5, 5.41) is 10.7. The SMILES string of the molecule is Cc1ccc(COc2ccc(Br)cc2C=C2SC(=S)N(CCC(=O)[O-])C2=O)cc1. The van der Waals surface area contributed by atoms with E-state index < -0.39 is 5.97 Å². The number of carboxylic acid groups (broad SMARTS) is 1. The van der Waals surface area contributed by atoms with Gasteiger partial charge in [0.2, 0.25) is 0 Å². The number of carbonyl (C=O) groups excluding carboxylic acids is 2. The molecule has 3 rings (SSSR count). The summed E-state index contributed by atoms with van der Waals surface area (Å²) in [5.41, 5.74) is 2.95. The largest absolute Gasteiger partial charge is 0.550 e. The van der Waals surface area contributed by atoms with Gasteiger partial charge in [-0.15, -0.1) is 0 Å². The minimum absolute atomic E-state index is 0.000392. The van der Waals surface area contributed by atoms with Gasteiger partial charge in [0.05, 0.1) is 4.91 Å². The van der Waals surface area contributed by atoms with Crippen LogP contribution < -0.4 is 9.84 Å². The van der Waals surface area contributed by atoms with Crippen LogP contribution in [0.1, 0.15) is 23.1 Å². The third-order valence-electron chi connectivity index (χ3n) is 4.19. The summed E-state index contributed by atoms with van der Waals surface area (Å²) in [4.78, 5) is 25.0. The number of aryl methyl sites for hydroxylation is 1. The fraction of sp³-hybridized carbons (Fsp3) is 0.190. The number of thiocarbonyl (C=S) groups is 1. The zero-order valence-corrected chi connectivity index (χ0v) is 18.7. The molecule has 2 aromatic rings. The van der Waals surface area contributed by atoms with Gasteiger partial charge in [-0.1, -0.05) is 69.7 Å². The number of rotatable bonds is 7. The predicted molar refractivity (Wildman–Crippen MR) is 119 cm³/mol. The monoisotopic (exact) mass is 490 g/mol. The Labute approximate surface area is 186 Å². The summed E-state index contributed by atoms with van der Waals surface area (Å²) in [6, 6.07) is 13.6. The van der Waals surface area contributed by atoms with Crippen LogP contribution >= 0.6 is 39.9 Å². The number of ether oxygens (including phenoxy) is 1. The lowest BCUT2D eigenvalue weighted by atomic mass is 10.1. The number of halogens is 1. The van der Waals surface area contributed by atoms with Crippen molar-refractivity contribution in [1.82, 2.24) is 4.90 Å². The van der Waals surface area contributed by atoms with Crippen molar-refractivity contribution in [1.29, 1.82) is 0 Å². The number of amides is 1. The number of hydrogen-bond acceptors (Lipinski definition) is 6. The first-order valence-electron chi connectivity index (χ1n) is 8.76. The number of thioether (sulfide) groups is 1. The summed E-state index contributed by atoms with van der Waals surface area (Å²) in [6.07, 6.45) is 1.45. The molecule has 5 nitrogen and oxygen atoms in total. The Hall–Kier alpha value is -2.16. The fourth-order valence-electron chi connectivity index (χ4n) is 2.65. The number of hydrogen-bond donors (Lipinski definition) is 0. The average Bonchev–Trinajstić information content (AvgIpc) is 2.93. The van der Waals surface area contributed by atoms with Crippen LogP contribution in [0.5, 0.6) is 5.75 Å². The summed E-state index contributed by atoms with van der Waals surface area (Å²) in [5.74, 6) is -0.902. The summed E-state index contributed by atoms with van der Waals surface area (Å²) >= 11 is 9.81. The van der Waals surface area contributed by atoms with Crippen molar-refractivity contribution in [2.45, 2.75) is 20.0 Å². The van der Waals surface area contributed by atoms with Crippen LogP contribution in [-0.4, -0.2) is 27.6 Å². The van der Waals surface area contributed by atoms with Gasteiger partial charge in [0, 0.05) is 29.0 Å². The van der Waals surface area contributed by atoms with Crippen molar-refractivity contribution in [2.75, 3.05) is 6.54 Å². The smallest absolute Gasteiger partial charge is 0.266 e. The molecular formula is C21H17BrNO4S2-. The predicted octanol–water partition coefficient (Wildman–Crippen LogP) is 3.68. The Morgan fingerprint density at radius 1 is 1.28 bits per heavy atom. The van der Waals surface area contributed by atoms with E-state index in [0.29, 0.717) is 21.6 Å². The van der Waals surface area contributed by atoms with Gasteiger partial charge in [-0.3, -0.25) is 9.69 Å². The van der Waals surface area contributed by atoms with E-state index in [1.165, 1.54) is 10.5 Å². The van der Waals surface area contributed by atoms with Crippen molar-refractivity contribution in [3.63, 3.8) is 0 Å². The molecule has 2 aromatic carbocycles. The Morgan fingerprint density at radius 2 is 2.00 bits per heavy atom. The molecule has 1 saturated heterocycles. The van der Waals surface area contributed by atoms with E-state index in [4.69, 9.17) is 17.0 Å². The van der Waals surface area contributed by atoms with Crippen LogP contribution in [0.2, 0.25) is 0 Å². The molecule has 1 aliphatic rings. The maximum Gasteiger partial charge on any atom is 0.266 e. The molecule has 0 atom stereocenters. The second-order valence-electron chi connectivity index (χ2n) is 6.41. The normalized spacial score (nSPS) is 15.2. The first kappa shape index (κ1) is 21.5. The highest BCUT2D eigenvalue weighted by molar-refractivity contribution is 9.10. The van der Waals surface area contributed by atoms with Gasteiger partial charge < -0.3 is 14.6 Å². The molecule has 1 aliphatic heterocycles. The van der Waals surface area contributed by atoms with Crippen molar-refractivity contribution in [3.8, 4) is 5.75 Å². The highest BCUT2D eigenvalue weighted by Crippen LogP contribution is 2.35. The number of carbonyl (C=O) groups is 2. The first-order chi connectivity index (χ1) is 13.8. The summed E-state index contributed by atoms with van der Waals surface area (Å²) in [6.45, 7) is 2.43. The first-order valence-corrected chi connectivity index (χ1v) is 10.8. The molecular weight excluding hydrogens is 474 g/mol. The van der Waals surface area contributed by atoms with Crippen LogP contribution in [0.25, 0.3) is 6.08 Å². The lowest BCUT2D eigenvalue weighted by molar-refractivity contribution is -0.305. The molecule has 1 heterocycles. The molecule has 0 aromatic heterocycles. The fourth-order valence-corrected chi connectivity index (χ4v) is 4.32. The minimum Gasteiger partial charge on any atom is -0.550 e. The Morgan fingerprint density at radius 3 is 2.69 bits per heavy atom. The van der Waals surface area contributed by atoms with E-state index in [-0.39, 0.29) is 18.9 Å². The van der Waals surface area contributed by atoms with E-state index in [1.54, 1.807) is 6.08 Å². The second kappa shape index (κ2) is 9.56. The van der Waals surface area contributed by atoms with Gasteiger partial charge in [-0.25, -0.2) is 0 Å². The molecule has 29 heavy (non-hydrogen) atoms. The van der Waals surface area contributed by atoms with E-state index in [2.05, 4.69) is 15.9 Å². The lowest BCUT2D eigenvalue weighted by Gasteiger charge is -2.14. The van der Waals surface area contributed by atoms with Crippen LogP contribution in [0.3, 0.4) is 0 Å². The standard InChI is InChI=1S/C21H18BrNO4S2/c1-13-2-4-14(5-3-13)12-27-17-7-6-16(22)10-15(17)11-18-20(26)23(21(28)29-18)9-8-19(24)25/h2-7,10-11H,8-9,12H2,1H3,(H,24,25)/p-1. The number of carboxylic acids is 1. The van der Waals surface area contributed by atoms with Gasteiger partial charge in [-0.2, -0.15) is 0 Å². The number of nitrogens with zero attached hydrogens (tertiary/aromatic N) is 1. The second-order valence-corrected chi connectivity index (χ2v) is 9.00. The third-order valence-corrected chi connectivity index (χ3v) is 6.06. The maximum absolute atomic E-state index is 12.6. The molecule has 0 saturated carbocycles. The zero-order valence-electron chi connectivity index (χ0n) is 15.5. The highest BCUT2D eigenvalue weighted by Gasteiger charge is 2.31. The van der Waals surface area contributed by atoms with Crippen molar-refractivity contribution in [3.05, 3.63) is 68.5 Å². The molecule has 1 amide bonds. The summed E-state index contributed by atoms with van der Waals surface area (Å²) < 4.78 is 7.16. The van der Waals surface area contributed by atoms with E-state index >= 15 is 0 Å². The lowest BCUT2D eigenvalue weighted by Crippen LogP contribution is -2.33. The Balaban J connectivity index is 1.80. The van der Waals surface area contributed by atoms with Crippen molar-refractivity contribution in [2.24, 2.45) is 0 Å². The van der Waals surface area contributed by atoms with E-state index in [9.17, 15) is 14.7 Å². The molecule has 0 radical (unpaired) electrons. The van der Waals surface area contributed by atoms with Crippen molar-refractivity contribution < 1.29 is 19.4 Å². The van der Waals surface area contributed by atoms with Gasteiger partial charge in [-0.05, 0) is 36.8 Å². The van der Waals surface area contributed by atoms with E-state index in [0.717, 1.165) is 27.4 Å². The van der Waals surface area contributed by atoms with Gasteiger partial charge in [0.1, 0.15) is 16.7 Å². The number of aliphatic carboxylic acids is 1. The van der Waals surface area contributed by atoms with Crippen LogP contribution in [0, 0.1) is 6.92 Å². The van der Waals surface area contributed by atoms with Gasteiger partial charge in [0.15, 0.2) is 0 Å². The van der Waals surface area contributed by atoms with Gasteiger partial charge >= 0.3 is 0 Å². The molecule has 0 bridgehead atoms. The Bertz CT molecular complexity index is 989. The zero-order chi connectivity index (χ0) is 21.0. The van der Waals surface area contributed by atoms with E-state index in [1.807, 2.05) is 49.4 Å². The maximum atomic E-state index is 12.6. The molecule has 0 spiro atoms. The Kier molecular flexibility index (Phi) is 7.10. The minimum atomic E-state index is -1.22. The molecule has 0 aliphatic carbocycles. The quantitative estimate of drug-likeness (QED) is 0.435. The highest BCUT2D eigenvalue weighted by atomic mass is 79.9. The molecule has 0 N–H and O–H groups in total. The van der Waals surface area contributed by atoms with Crippen LogP contribution in [0.4, 0.5) is 0 Å². The number of benzene rings is 2. The van der Waals surface area contributed by atoms with Crippen LogP contribution in [0.15, 0.2) is 51.8 Å². The molecule has 150 valence electrons. The topological polar surface area (TPSA) is 69.7 Å². The van der Waals surface area contributed by atoms with Crippen molar-refractivity contribution >= 4 is 62.2 Å². The van der Waals surface area contributed by atoms with Crippen LogP contribution in [-0.2, 0) is 16.2 Å². The summed E-state index contributed by atoms with van der Waals surface area (Å²) in [7, 11) is 0. The molecule has 8 heteroatoms. The third kappa shape index (κ3) is 5.68. The molecule has 1 fully saturated rings. The van der Waals surface area contributed by atoms with Gasteiger partial charge in [0.25, 0.3) is 5.91 Å². The average molecular weight is 491 g/mol.